The monoisotopic (exact) mass is 526 g/mol. The summed E-state index contributed by atoms with van der Waals surface area (Å²) in [6.07, 6.45) is 10.2. The van der Waals surface area contributed by atoms with E-state index in [9.17, 15) is 4.79 Å². The van der Waals surface area contributed by atoms with E-state index in [1.807, 2.05) is 45.1 Å². The molecular formula is C29H38N2O5S. The molecule has 0 radical (unpaired) electrons. The number of hydrogen-bond donors (Lipinski definition) is 1. The highest BCUT2D eigenvalue weighted by Gasteiger charge is 2.23. The van der Waals surface area contributed by atoms with Crippen LogP contribution < -0.4 is 9.47 Å². The molecule has 0 saturated carbocycles. The summed E-state index contributed by atoms with van der Waals surface area (Å²) in [5.74, 6) is 1.64. The number of carbonyl (C=O) groups is 1. The Hall–Kier alpha value is -3.26. The average molecular weight is 527 g/mol. The number of allylic oxidation sites excluding steroid dienone is 1. The predicted molar refractivity (Wildman–Crippen MR) is 148 cm³/mol. The standard InChI is InChI=1S/C29H38N2O5S/c1-6-10-22-18-23(29-30-28(34-8-3)21(5)37-29)11-14-26(22)36-16-9-15-35-24-12-13-25(20(4)17-24)31(7-2)19-27(32)33/h7,11-14,17-18,20,25H,2,6,8-10,15-16,19H2,1,3-5H3,(H,32,33). The van der Waals surface area contributed by atoms with Crippen molar-refractivity contribution in [2.75, 3.05) is 26.4 Å². The fourth-order valence-corrected chi connectivity index (χ4v) is 5.12. The van der Waals surface area contributed by atoms with Gasteiger partial charge in [-0.05, 0) is 62.4 Å². The molecule has 2 atom stereocenters. The van der Waals surface area contributed by atoms with Crippen molar-refractivity contribution in [3.05, 3.63) is 65.4 Å². The Balaban J connectivity index is 1.52. The molecule has 0 aliphatic heterocycles. The maximum Gasteiger partial charge on any atom is 0.323 e. The van der Waals surface area contributed by atoms with Crippen molar-refractivity contribution in [1.29, 1.82) is 0 Å². The minimum atomic E-state index is -0.878. The number of benzene rings is 1. The van der Waals surface area contributed by atoms with E-state index in [0.717, 1.165) is 46.2 Å². The zero-order valence-corrected chi connectivity index (χ0v) is 23.1. The van der Waals surface area contributed by atoms with Crippen molar-refractivity contribution in [2.24, 2.45) is 5.92 Å². The molecule has 1 aliphatic rings. The SMILES string of the molecule is C=CN(CC(=O)O)C1C=CC(OCCCOc2ccc(-c3nc(OCC)c(C)s3)cc2CCC)=CC1C. The summed E-state index contributed by atoms with van der Waals surface area (Å²) >= 11 is 1.65. The van der Waals surface area contributed by atoms with Gasteiger partial charge in [0.15, 0.2) is 0 Å². The lowest BCUT2D eigenvalue weighted by molar-refractivity contribution is -0.138. The predicted octanol–water partition coefficient (Wildman–Crippen LogP) is 6.24. The number of hydrogen-bond acceptors (Lipinski definition) is 7. The van der Waals surface area contributed by atoms with E-state index in [-0.39, 0.29) is 18.5 Å². The van der Waals surface area contributed by atoms with Gasteiger partial charge in [0.05, 0.1) is 30.7 Å². The first-order valence-electron chi connectivity index (χ1n) is 12.8. The van der Waals surface area contributed by atoms with Gasteiger partial charge in [-0.25, -0.2) is 4.98 Å². The van der Waals surface area contributed by atoms with Crippen LogP contribution in [-0.4, -0.2) is 53.4 Å². The van der Waals surface area contributed by atoms with Crippen molar-refractivity contribution in [1.82, 2.24) is 9.88 Å². The van der Waals surface area contributed by atoms with Crippen LogP contribution in [0.1, 0.15) is 44.1 Å². The summed E-state index contributed by atoms with van der Waals surface area (Å²) in [5, 5.41) is 10.1. The molecule has 3 rings (SSSR count). The van der Waals surface area contributed by atoms with Crippen molar-refractivity contribution in [3.8, 4) is 22.2 Å². The van der Waals surface area contributed by atoms with Crippen molar-refractivity contribution in [2.45, 2.75) is 53.0 Å². The van der Waals surface area contributed by atoms with Crippen LogP contribution in [0.3, 0.4) is 0 Å². The molecular weight excluding hydrogens is 488 g/mol. The third-order valence-corrected chi connectivity index (χ3v) is 7.04. The van der Waals surface area contributed by atoms with Crippen LogP contribution in [0.2, 0.25) is 0 Å². The van der Waals surface area contributed by atoms with E-state index in [0.29, 0.717) is 25.7 Å². The molecule has 2 aromatic rings. The molecule has 0 spiro atoms. The molecule has 1 aromatic heterocycles. The van der Waals surface area contributed by atoms with Crippen molar-refractivity contribution < 1.29 is 24.1 Å². The molecule has 37 heavy (non-hydrogen) atoms. The van der Waals surface area contributed by atoms with Crippen LogP contribution in [-0.2, 0) is 16.0 Å². The third kappa shape index (κ3) is 7.86. The molecule has 1 heterocycles. The number of rotatable bonds is 15. The Labute approximate surface area is 224 Å². The Morgan fingerprint density at radius 1 is 1.24 bits per heavy atom. The zero-order valence-electron chi connectivity index (χ0n) is 22.2. The highest BCUT2D eigenvalue weighted by atomic mass is 32.1. The quantitative estimate of drug-likeness (QED) is 0.275. The van der Waals surface area contributed by atoms with Crippen LogP contribution in [0.15, 0.2) is 55.0 Å². The van der Waals surface area contributed by atoms with Crippen LogP contribution in [0.5, 0.6) is 11.6 Å². The van der Waals surface area contributed by atoms with Gasteiger partial charge in [0, 0.05) is 17.9 Å². The van der Waals surface area contributed by atoms with E-state index in [4.69, 9.17) is 19.3 Å². The van der Waals surface area contributed by atoms with Gasteiger partial charge in [0.25, 0.3) is 0 Å². The molecule has 0 fully saturated rings. The topological polar surface area (TPSA) is 81.1 Å². The lowest BCUT2D eigenvalue weighted by Crippen LogP contribution is -2.38. The van der Waals surface area contributed by atoms with Gasteiger partial charge in [0.1, 0.15) is 23.1 Å². The normalized spacial score (nSPS) is 16.7. The van der Waals surface area contributed by atoms with Gasteiger partial charge >= 0.3 is 5.97 Å². The first kappa shape index (κ1) is 28.3. The summed E-state index contributed by atoms with van der Waals surface area (Å²) < 4.78 is 17.7. The van der Waals surface area contributed by atoms with Crippen LogP contribution in [0, 0.1) is 12.8 Å². The molecule has 0 amide bonds. The Bertz CT molecular complexity index is 1120. The second-order valence-corrected chi connectivity index (χ2v) is 10.2. The molecule has 7 nitrogen and oxygen atoms in total. The second-order valence-electron chi connectivity index (χ2n) is 8.96. The average Bonchev–Trinajstić information content (AvgIpc) is 3.24. The fourth-order valence-electron chi connectivity index (χ4n) is 4.26. The van der Waals surface area contributed by atoms with Gasteiger partial charge in [-0.15, -0.1) is 11.3 Å². The minimum Gasteiger partial charge on any atom is -0.494 e. The number of carboxylic acids is 1. The smallest absolute Gasteiger partial charge is 0.323 e. The molecule has 2 unspecified atom stereocenters. The number of ether oxygens (including phenoxy) is 3. The van der Waals surface area contributed by atoms with E-state index in [1.54, 1.807) is 22.4 Å². The molecule has 1 aliphatic carbocycles. The molecule has 8 heteroatoms. The maximum absolute atomic E-state index is 11.1. The zero-order chi connectivity index (χ0) is 26.8. The number of nitrogens with zero attached hydrogens (tertiary/aromatic N) is 2. The van der Waals surface area contributed by atoms with Crippen LogP contribution in [0.25, 0.3) is 10.6 Å². The molecule has 0 bridgehead atoms. The van der Waals surface area contributed by atoms with E-state index in [1.165, 1.54) is 5.56 Å². The van der Waals surface area contributed by atoms with Gasteiger partial charge in [-0.3, -0.25) is 4.79 Å². The largest absolute Gasteiger partial charge is 0.494 e. The number of aromatic nitrogens is 1. The highest BCUT2D eigenvalue weighted by molar-refractivity contribution is 7.15. The van der Waals surface area contributed by atoms with Gasteiger partial charge in [-0.2, -0.15) is 0 Å². The molecule has 1 N–H and O–H groups in total. The highest BCUT2D eigenvalue weighted by Crippen LogP contribution is 2.34. The maximum atomic E-state index is 11.1. The molecule has 0 saturated heterocycles. The van der Waals surface area contributed by atoms with Gasteiger partial charge in [0.2, 0.25) is 5.88 Å². The van der Waals surface area contributed by atoms with E-state index in [2.05, 4.69) is 30.6 Å². The Morgan fingerprint density at radius 2 is 2.03 bits per heavy atom. The van der Waals surface area contributed by atoms with E-state index < -0.39 is 5.97 Å². The number of carboxylic acid groups (broad SMARTS) is 1. The van der Waals surface area contributed by atoms with Crippen LogP contribution >= 0.6 is 11.3 Å². The summed E-state index contributed by atoms with van der Waals surface area (Å²) in [7, 11) is 0. The number of aliphatic carboxylic acids is 1. The number of thiazole rings is 1. The second kappa shape index (κ2) is 13.9. The van der Waals surface area contributed by atoms with Gasteiger partial charge in [-0.1, -0.05) is 32.9 Å². The van der Waals surface area contributed by atoms with Crippen molar-refractivity contribution in [3.63, 3.8) is 0 Å². The first-order chi connectivity index (χ1) is 17.9. The number of aryl methyl sites for hydroxylation is 2. The minimum absolute atomic E-state index is 0.0525. The Kier molecular flexibility index (Phi) is 10.6. The lowest BCUT2D eigenvalue weighted by Gasteiger charge is -2.32. The van der Waals surface area contributed by atoms with Crippen LogP contribution in [0.4, 0.5) is 0 Å². The summed E-state index contributed by atoms with van der Waals surface area (Å²) in [4.78, 5) is 18.6. The molecule has 200 valence electrons. The third-order valence-electron chi connectivity index (χ3n) is 6.04. The summed E-state index contributed by atoms with van der Waals surface area (Å²) in [6, 6.07) is 6.22. The first-order valence-corrected chi connectivity index (χ1v) is 13.7. The molecule has 1 aromatic carbocycles. The van der Waals surface area contributed by atoms with Crippen molar-refractivity contribution >= 4 is 17.3 Å². The lowest BCUT2D eigenvalue weighted by atomic mass is 9.95. The Morgan fingerprint density at radius 3 is 2.70 bits per heavy atom. The van der Waals surface area contributed by atoms with E-state index >= 15 is 0 Å². The fraction of sp³-hybridized carbons (Fsp3) is 0.448. The summed E-state index contributed by atoms with van der Waals surface area (Å²) in [5.41, 5.74) is 2.26. The summed E-state index contributed by atoms with van der Waals surface area (Å²) in [6.45, 7) is 13.6. The van der Waals surface area contributed by atoms with Gasteiger partial charge < -0.3 is 24.2 Å².